The van der Waals surface area contributed by atoms with Gasteiger partial charge in [0.1, 0.15) is 0 Å². The van der Waals surface area contributed by atoms with E-state index in [0.29, 0.717) is 10.0 Å². The van der Waals surface area contributed by atoms with Gasteiger partial charge in [0.15, 0.2) is 5.78 Å². The molecule has 0 unspecified atom stereocenters. The number of ketones is 1. The van der Waals surface area contributed by atoms with E-state index in [0.717, 1.165) is 5.56 Å². The number of hydrogen-bond donors (Lipinski definition) is 1. The van der Waals surface area contributed by atoms with Gasteiger partial charge in [0.05, 0.1) is 16.7 Å². The molecular weight excluding hydrogens is 235 g/mol. The third kappa shape index (κ3) is 4.04. The Balaban J connectivity index is 2.72. The van der Waals surface area contributed by atoms with Crippen molar-refractivity contribution in [3.05, 3.63) is 39.9 Å². The maximum atomic E-state index is 11.1. The second-order valence-electron chi connectivity index (χ2n) is 2.95. The second kappa shape index (κ2) is 5.91. The van der Waals surface area contributed by atoms with Crippen LogP contribution in [0.3, 0.4) is 0 Å². The summed E-state index contributed by atoms with van der Waals surface area (Å²) >= 11 is 11.5. The van der Waals surface area contributed by atoms with Crippen LogP contribution in [-0.4, -0.2) is 17.5 Å². The minimum Gasteiger partial charge on any atom is -0.396 e. The highest BCUT2D eigenvalue weighted by molar-refractivity contribution is 6.42. The fraction of sp³-hybridized carbons (Fsp3) is 0.182. The summed E-state index contributed by atoms with van der Waals surface area (Å²) in [6, 6.07) is 5.10. The molecule has 15 heavy (non-hydrogen) atoms. The first-order valence-electron chi connectivity index (χ1n) is 4.40. The minimum atomic E-state index is -0.134. The molecule has 0 aliphatic rings. The molecule has 1 rings (SSSR count). The average molecular weight is 245 g/mol. The van der Waals surface area contributed by atoms with Gasteiger partial charge in [0.25, 0.3) is 0 Å². The highest BCUT2D eigenvalue weighted by Crippen LogP contribution is 2.23. The van der Waals surface area contributed by atoms with E-state index >= 15 is 0 Å². The zero-order chi connectivity index (χ0) is 11.3. The Morgan fingerprint density at radius 3 is 2.67 bits per heavy atom. The molecule has 1 N–H and O–H groups in total. The maximum absolute atomic E-state index is 11.1. The smallest absolute Gasteiger partial charge is 0.157 e. The van der Waals surface area contributed by atoms with Gasteiger partial charge in [-0.05, 0) is 23.8 Å². The third-order valence-corrected chi connectivity index (χ3v) is 2.50. The van der Waals surface area contributed by atoms with Crippen molar-refractivity contribution in [1.82, 2.24) is 0 Å². The van der Waals surface area contributed by atoms with Crippen LogP contribution in [0.4, 0.5) is 0 Å². The summed E-state index contributed by atoms with van der Waals surface area (Å²) in [5, 5.41) is 9.46. The van der Waals surface area contributed by atoms with E-state index in [2.05, 4.69) is 0 Å². The number of carbonyl (C=O) groups is 1. The molecule has 1 aromatic rings. The van der Waals surface area contributed by atoms with Crippen LogP contribution in [0.25, 0.3) is 6.08 Å². The summed E-state index contributed by atoms with van der Waals surface area (Å²) < 4.78 is 0. The van der Waals surface area contributed by atoms with Crippen molar-refractivity contribution in [2.75, 3.05) is 6.61 Å². The molecule has 0 radical (unpaired) electrons. The Morgan fingerprint density at radius 1 is 1.33 bits per heavy atom. The van der Waals surface area contributed by atoms with Crippen LogP contribution in [0.1, 0.15) is 12.0 Å². The fourth-order valence-corrected chi connectivity index (χ4v) is 1.31. The van der Waals surface area contributed by atoms with Gasteiger partial charge in [-0.3, -0.25) is 4.79 Å². The Morgan fingerprint density at radius 2 is 2.07 bits per heavy atom. The van der Waals surface area contributed by atoms with Crippen molar-refractivity contribution in [3.8, 4) is 0 Å². The van der Waals surface area contributed by atoms with Crippen LogP contribution < -0.4 is 0 Å². The molecule has 0 heterocycles. The SMILES string of the molecule is O=C(/C=C/c1ccc(Cl)c(Cl)c1)CCO. The van der Waals surface area contributed by atoms with Gasteiger partial charge < -0.3 is 5.11 Å². The van der Waals surface area contributed by atoms with Gasteiger partial charge in [0.2, 0.25) is 0 Å². The lowest BCUT2D eigenvalue weighted by Crippen LogP contribution is -1.95. The quantitative estimate of drug-likeness (QED) is 0.828. The predicted octanol–water partition coefficient (Wildman–Crippen LogP) is 2.96. The molecule has 0 aromatic heterocycles. The summed E-state index contributed by atoms with van der Waals surface area (Å²) in [6.07, 6.45) is 3.19. The summed E-state index contributed by atoms with van der Waals surface area (Å²) in [5.41, 5.74) is 0.802. The molecule has 80 valence electrons. The van der Waals surface area contributed by atoms with Crippen LogP contribution in [0, 0.1) is 0 Å². The van der Waals surface area contributed by atoms with Gasteiger partial charge in [-0.2, -0.15) is 0 Å². The Hall–Kier alpha value is -0.830. The van der Waals surface area contributed by atoms with E-state index in [-0.39, 0.29) is 18.8 Å². The molecular formula is C11H10Cl2O2. The number of aliphatic hydroxyl groups excluding tert-OH is 1. The molecule has 0 saturated carbocycles. The van der Waals surface area contributed by atoms with Crippen molar-refractivity contribution in [1.29, 1.82) is 0 Å². The van der Waals surface area contributed by atoms with Crippen molar-refractivity contribution in [3.63, 3.8) is 0 Å². The van der Waals surface area contributed by atoms with Gasteiger partial charge in [0, 0.05) is 6.42 Å². The maximum Gasteiger partial charge on any atom is 0.157 e. The first kappa shape index (κ1) is 12.2. The highest BCUT2D eigenvalue weighted by atomic mass is 35.5. The topological polar surface area (TPSA) is 37.3 Å². The van der Waals surface area contributed by atoms with E-state index in [9.17, 15) is 4.79 Å². The Labute approximate surface area is 98.1 Å². The summed E-state index contributed by atoms with van der Waals surface area (Å²) in [4.78, 5) is 11.1. The van der Waals surface area contributed by atoms with Gasteiger partial charge in [-0.25, -0.2) is 0 Å². The summed E-state index contributed by atoms with van der Waals surface area (Å²) in [5.74, 6) is -0.122. The number of carbonyl (C=O) groups excluding carboxylic acids is 1. The van der Waals surface area contributed by atoms with Crippen molar-refractivity contribution < 1.29 is 9.90 Å². The Bertz CT molecular complexity index is 386. The molecule has 0 spiro atoms. The molecule has 0 fully saturated rings. The summed E-state index contributed by atoms with van der Waals surface area (Å²) in [6.45, 7) is -0.134. The van der Waals surface area contributed by atoms with Gasteiger partial charge in [-0.1, -0.05) is 35.3 Å². The van der Waals surface area contributed by atoms with Crippen molar-refractivity contribution in [2.45, 2.75) is 6.42 Å². The van der Waals surface area contributed by atoms with Crippen molar-refractivity contribution >= 4 is 35.1 Å². The standard InChI is InChI=1S/C11H10Cl2O2/c12-10-4-2-8(7-11(10)13)1-3-9(15)5-6-14/h1-4,7,14H,5-6H2/b3-1+. The number of halogens is 2. The van der Waals surface area contributed by atoms with Gasteiger partial charge in [-0.15, -0.1) is 0 Å². The largest absolute Gasteiger partial charge is 0.396 e. The predicted molar refractivity (Wildman–Crippen MR) is 62.2 cm³/mol. The minimum absolute atomic E-state index is 0.122. The van der Waals surface area contributed by atoms with Gasteiger partial charge >= 0.3 is 0 Å². The van der Waals surface area contributed by atoms with Crippen LogP contribution in [-0.2, 0) is 4.79 Å². The lowest BCUT2D eigenvalue weighted by molar-refractivity contribution is -0.115. The van der Waals surface area contributed by atoms with Crippen LogP contribution in [0.2, 0.25) is 10.0 Å². The number of hydrogen-bond acceptors (Lipinski definition) is 2. The normalized spacial score (nSPS) is 10.9. The first-order valence-corrected chi connectivity index (χ1v) is 5.16. The van der Waals surface area contributed by atoms with Crippen LogP contribution in [0.15, 0.2) is 24.3 Å². The average Bonchev–Trinajstić information content (AvgIpc) is 2.20. The molecule has 4 heteroatoms. The number of benzene rings is 1. The van der Waals surface area contributed by atoms with E-state index in [4.69, 9.17) is 28.3 Å². The Kier molecular flexibility index (Phi) is 4.82. The lowest BCUT2D eigenvalue weighted by atomic mass is 10.2. The summed E-state index contributed by atoms with van der Waals surface area (Å²) in [7, 11) is 0. The number of allylic oxidation sites excluding steroid dienone is 1. The zero-order valence-corrected chi connectivity index (χ0v) is 9.42. The van der Waals surface area contributed by atoms with E-state index in [1.54, 1.807) is 24.3 Å². The first-order chi connectivity index (χ1) is 7.13. The third-order valence-electron chi connectivity index (χ3n) is 1.76. The molecule has 2 nitrogen and oxygen atoms in total. The molecule has 0 amide bonds. The van der Waals surface area contributed by atoms with E-state index in [1.165, 1.54) is 6.08 Å². The molecule has 0 saturated heterocycles. The lowest BCUT2D eigenvalue weighted by Gasteiger charge is -1.97. The molecule has 1 aromatic carbocycles. The van der Waals surface area contributed by atoms with Crippen molar-refractivity contribution in [2.24, 2.45) is 0 Å². The monoisotopic (exact) mass is 244 g/mol. The fourth-order valence-electron chi connectivity index (χ4n) is 0.999. The number of rotatable bonds is 4. The van der Waals surface area contributed by atoms with E-state index in [1.807, 2.05) is 0 Å². The van der Waals surface area contributed by atoms with Crippen LogP contribution in [0.5, 0.6) is 0 Å². The molecule has 0 aliphatic heterocycles. The second-order valence-corrected chi connectivity index (χ2v) is 3.76. The highest BCUT2D eigenvalue weighted by Gasteiger charge is 1.98. The van der Waals surface area contributed by atoms with Crippen LogP contribution >= 0.6 is 23.2 Å². The number of aliphatic hydroxyl groups is 1. The molecule has 0 atom stereocenters. The molecule has 0 bridgehead atoms. The zero-order valence-electron chi connectivity index (χ0n) is 7.91. The van der Waals surface area contributed by atoms with E-state index < -0.39 is 0 Å². The molecule has 0 aliphatic carbocycles.